The molecule has 4 heteroatoms. The minimum atomic E-state index is -0.164. The van der Waals surface area contributed by atoms with Gasteiger partial charge in [-0.3, -0.25) is 4.79 Å². The van der Waals surface area contributed by atoms with E-state index in [0.29, 0.717) is 5.69 Å². The number of pyridine rings is 1. The standard InChI is InChI=1S/C20H25N3O/c1-14-8-10-23(11-9-14)17-6-7-18(21-13-17)20(24)22-19-12-15(2)4-5-16(19)3/h4-7,12-14H,8-11H2,1-3H3,(H,22,24). The largest absolute Gasteiger partial charge is 0.370 e. The van der Waals surface area contributed by atoms with Gasteiger partial charge in [-0.05, 0) is 61.9 Å². The molecule has 0 radical (unpaired) electrons. The van der Waals surface area contributed by atoms with E-state index in [4.69, 9.17) is 0 Å². The van der Waals surface area contributed by atoms with Crippen molar-refractivity contribution in [1.82, 2.24) is 4.98 Å². The molecule has 0 bridgehead atoms. The minimum Gasteiger partial charge on any atom is -0.370 e. The third-order valence-electron chi connectivity index (χ3n) is 4.77. The molecule has 0 atom stereocenters. The molecular formula is C20H25N3O. The number of carbonyl (C=O) groups is 1. The van der Waals surface area contributed by atoms with Gasteiger partial charge in [0.25, 0.3) is 5.91 Å². The third-order valence-corrected chi connectivity index (χ3v) is 4.77. The fraction of sp³-hybridized carbons (Fsp3) is 0.400. The zero-order chi connectivity index (χ0) is 17.1. The molecule has 3 rings (SSSR count). The first kappa shape index (κ1) is 16.5. The number of carbonyl (C=O) groups excluding carboxylic acids is 1. The van der Waals surface area contributed by atoms with Gasteiger partial charge in [-0.25, -0.2) is 4.98 Å². The molecule has 1 fully saturated rings. The summed E-state index contributed by atoms with van der Waals surface area (Å²) in [4.78, 5) is 19.1. The summed E-state index contributed by atoms with van der Waals surface area (Å²) in [5.41, 5.74) is 4.57. The van der Waals surface area contributed by atoms with Crippen molar-refractivity contribution in [3.63, 3.8) is 0 Å². The molecular weight excluding hydrogens is 298 g/mol. The van der Waals surface area contributed by atoms with E-state index in [1.54, 1.807) is 0 Å². The second-order valence-electron chi connectivity index (χ2n) is 6.84. The van der Waals surface area contributed by atoms with Crippen LogP contribution in [0.25, 0.3) is 0 Å². The average molecular weight is 323 g/mol. The Bertz CT molecular complexity index is 716. The van der Waals surface area contributed by atoms with E-state index < -0.39 is 0 Å². The molecule has 2 aromatic rings. The topological polar surface area (TPSA) is 45.2 Å². The first-order valence-corrected chi connectivity index (χ1v) is 8.62. The van der Waals surface area contributed by atoms with Crippen molar-refractivity contribution in [2.24, 2.45) is 5.92 Å². The van der Waals surface area contributed by atoms with Crippen LogP contribution >= 0.6 is 0 Å². The summed E-state index contributed by atoms with van der Waals surface area (Å²) < 4.78 is 0. The minimum absolute atomic E-state index is 0.164. The third kappa shape index (κ3) is 3.75. The smallest absolute Gasteiger partial charge is 0.274 e. The molecule has 1 N–H and O–H groups in total. The van der Waals surface area contributed by atoms with E-state index in [1.807, 2.05) is 50.4 Å². The van der Waals surface area contributed by atoms with E-state index in [0.717, 1.165) is 41.5 Å². The summed E-state index contributed by atoms with van der Waals surface area (Å²) in [7, 11) is 0. The first-order valence-electron chi connectivity index (χ1n) is 8.62. The Morgan fingerprint density at radius 1 is 1.17 bits per heavy atom. The summed E-state index contributed by atoms with van der Waals surface area (Å²) in [5, 5.41) is 2.96. The fourth-order valence-corrected chi connectivity index (χ4v) is 3.03. The number of piperidine rings is 1. The lowest BCUT2D eigenvalue weighted by molar-refractivity contribution is 0.102. The van der Waals surface area contributed by atoms with Crippen LogP contribution in [0.3, 0.4) is 0 Å². The molecule has 1 aliphatic heterocycles. The van der Waals surface area contributed by atoms with E-state index in [-0.39, 0.29) is 5.91 Å². The van der Waals surface area contributed by atoms with Gasteiger partial charge < -0.3 is 10.2 Å². The van der Waals surface area contributed by atoms with Gasteiger partial charge in [0.15, 0.2) is 0 Å². The van der Waals surface area contributed by atoms with Crippen molar-refractivity contribution in [1.29, 1.82) is 0 Å². The normalized spacial score (nSPS) is 15.4. The number of amides is 1. The van der Waals surface area contributed by atoms with Gasteiger partial charge in [-0.15, -0.1) is 0 Å². The number of hydrogen-bond donors (Lipinski definition) is 1. The SMILES string of the molecule is Cc1ccc(C)c(NC(=O)c2ccc(N3CCC(C)CC3)cn2)c1. The van der Waals surface area contributed by atoms with Gasteiger partial charge in [0.2, 0.25) is 0 Å². The number of aryl methyl sites for hydroxylation is 2. The molecule has 126 valence electrons. The van der Waals surface area contributed by atoms with Gasteiger partial charge >= 0.3 is 0 Å². The monoisotopic (exact) mass is 323 g/mol. The fourth-order valence-electron chi connectivity index (χ4n) is 3.03. The highest BCUT2D eigenvalue weighted by Gasteiger charge is 2.17. The highest BCUT2D eigenvalue weighted by Crippen LogP contribution is 2.23. The van der Waals surface area contributed by atoms with E-state index >= 15 is 0 Å². The van der Waals surface area contributed by atoms with Crippen molar-refractivity contribution in [3.05, 3.63) is 53.3 Å². The first-order chi connectivity index (χ1) is 11.5. The predicted molar refractivity (Wildman–Crippen MR) is 98.7 cm³/mol. The van der Waals surface area contributed by atoms with Crippen LogP contribution in [-0.4, -0.2) is 24.0 Å². The second kappa shape index (κ2) is 7.04. The molecule has 0 saturated carbocycles. The molecule has 2 heterocycles. The van der Waals surface area contributed by atoms with E-state index in [1.165, 1.54) is 12.8 Å². The average Bonchev–Trinajstić information content (AvgIpc) is 2.59. The summed E-state index contributed by atoms with van der Waals surface area (Å²) in [6.07, 6.45) is 4.25. The van der Waals surface area contributed by atoms with Crippen molar-refractivity contribution in [2.75, 3.05) is 23.3 Å². The van der Waals surface area contributed by atoms with Gasteiger partial charge in [0.05, 0.1) is 11.9 Å². The maximum Gasteiger partial charge on any atom is 0.274 e. The van der Waals surface area contributed by atoms with Gasteiger partial charge in [0, 0.05) is 18.8 Å². The lowest BCUT2D eigenvalue weighted by atomic mass is 9.99. The molecule has 1 aliphatic rings. The number of nitrogens with one attached hydrogen (secondary N) is 1. The van der Waals surface area contributed by atoms with Crippen LogP contribution in [0.5, 0.6) is 0 Å². The quantitative estimate of drug-likeness (QED) is 0.921. The van der Waals surface area contributed by atoms with Gasteiger partial charge in [-0.1, -0.05) is 19.1 Å². The Kier molecular flexibility index (Phi) is 4.84. The van der Waals surface area contributed by atoms with Crippen LogP contribution < -0.4 is 10.2 Å². The molecule has 0 spiro atoms. The van der Waals surface area contributed by atoms with E-state index in [2.05, 4.69) is 22.1 Å². The van der Waals surface area contributed by atoms with Crippen LogP contribution in [-0.2, 0) is 0 Å². The molecule has 0 unspecified atom stereocenters. The Morgan fingerprint density at radius 3 is 2.58 bits per heavy atom. The van der Waals surface area contributed by atoms with Crippen LogP contribution in [0.15, 0.2) is 36.5 Å². The number of benzene rings is 1. The van der Waals surface area contributed by atoms with Crippen molar-refractivity contribution in [3.8, 4) is 0 Å². The predicted octanol–water partition coefficient (Wildman–Crippen LogP) is 4.19. The lowest BCUT2D eigenvalue weighted by Crippen LogP contribution is -2.32. The number of aromatic nitrogens is 1. The molecule has 0 aliphatic carbocycles. The summed E-state index contributed by atoms with van der Waals surface area (Å²) in [5.74, 6) is 0.638. The number of hydrogen-bond acceptors (Lipinski definition) is 3. The van der Waals surface area contributed by atoms with Crippen molar-refractivity contribution >= 4 is 17.3 Å². The molecule has 1 aromatic carbocycles. The Balaban J connectivity index is 1.68. The lowest BCUT2D eigenvalue weighted by Gasteiger charge is -2.31. The van der Waals surface area contributed by atoms with Gasteiger partial charge in [0.1, 0.15) is 5.69 Å². The van der Waals surface area contributed by atoms with Crippen LogP contribution in [0, 0.1) is 19.8 Å². The van der Waals surface area contributed by atoms with Crippen molar-refractivity contribution in [2.45, 2.75) is 33.6 Å². The Labute approximate surface area is 143 Å². The molecule has 1 amide bonds. The van der Waals surface area contributed by atoms with Crippen LogP contribution in [0.4, 0.5) is 11.4 Å². The Morgan fingerprint density at radius 2 is 1.92 bits per heavy atom. The summed E-state index contributed by atoms with van der Waals surface area (Å²) in [6.45, 7) is 8.44. The number of nitrogens with zero attached hydrogens (tertiary/aromatic N) is 2. The summed E-state index contributed by atoms with van der Waals surface area (Å²) in [6, 6.07) is 9.85. The number of rotatable bonds is 3. The maximum absolute atomic E-state index is 12.4. The highest BCUT2D eigenvalue weighted by molar-refractivity contribution is 6.03. The summed E-state index contributed by atoms with van der Waals surface area (Å²) >= 11 is 0. The van der Waals surface area contributed by atoms with Gasteiger partial charge in [-0.2, -0.15) is 0 Å². The zero-order valence-electron chi connectivity index (χ0n) is 14.7. The van der Waals surface area contributed by atoms with E-state index in [9.17, 15) is 4.79 Å². The second-order valence-corrected chi connectivity index (χ2v) is 6.84. The Hall–Kier alpha value is -2.36. The zero-order valence-corrected chi connectivity index (χ0v) is 14.7. The molecule has 24 heavy (non-hydrogen) atoms. The number of anilines is 2. The van der Waals surface area contributed by atoms with Crippen LogP contribution in [0.2, 0.25) is 0 Å². The highest BCUT2D eigenvalue weighted by atomic mass is 16.1. The molecule has 4 nitrogen and oxygen atoms in total. The van der Waals surface area contributed by atoms with Crippen molar-refractivity contribution < 1.29 is 4.79 Å². The molecule has 1 aromatic heterocycles. The van der Waals surface area contributed by atoms with Crippen LogP contribution in [0.1, 0.15) is 41.4 Å². The molecule has 1 saturated heterocycles. The maximum atomic E-state index is 12.4.